The Morgan fingerprint density at radius 1 is 1.06 bits per heavy atom. The van der Waals surface area contributed by atoms with Gasteiger partial charge in [-0.3, -0.25) is 0 Å². The zero-order valence-electron chi connectivity index (χ0n) is 9.90. The van der Waals surface area contributed by atoms with E-state index in [1.165, 1.54) is 31.4 Å². The fraction of sp³-hybridized carbons (Fsp3) is 0.571. The molecule has 1 aromatic rings. The Morgan fingerprint density at radius 3 is 2.50 bits per heavy atom. The Labute approximate surface area is 103 Å². The van der Waals surface area contributed by atoms with E-state index in [1.54, 1.807) is 0 Å². The molecule has 0 saturated heterocycles. The molecule has 0 heterocycles. The van der Waals surface area contributed by atoms with E-state index >= 15 is 0 Å². The molecule has 2 atom stereocenters. The highest BCUT2D eigenvalue weighted by Gasteiger charge is 2.25. The van der Waals surface area contributed by atoms with Crippen LogP contribution in [0.25, 0.3) is 0 Å². The third-order valence-electron chi connectivity index (χ3n) is 3.56. The molecular weight excluding hydrogens is 218 g/mol. The van der Waals surface area contributed by atoms with E-state index in [2.05, 4.69) is 42.3 Å². The van der Waals surface area contributed by atoms with Crippen LogP contribution in [0.15, 0.2) is 30.3 Å². The van der Waals surface area contributed by atoms with Crippen LogP contribution >= 0.6 is 11.6 Å². The third-order valence-corrected chi connectivity index (χ3v) is 4.07. The molecule has 0 spiro atoms. The summed E-state index contributed by atoms with van der Waals surface area (Å²) in [5.41, 5.74) is 1.28. The number of alkyl halides is 1. The lowest BCUT2D eigenvalue weighted by atomic mass is 10.1. The van der Waals surface area contributed by atoms with Gasteiger partial charge >= 0.3 is 0 Å². The average molecular weight is 238 g/mol. The van der Waals surface area contributed by atoms with Crippen molar-refractivity contribution in [2.24, 2.45) is 0 Å². The molecule has 2 rings (SSSR count). The van der Waals surface area contributed by atoms with Crippen molar-refractivity contribution in [3.63, 3.8) is 0 Å². The predicted octanol–water partition coefficient (Wildman–Crippen LogP) is 4.06. The summed E-state index contributed by atoms with van der Waals surface area (Å²) in [4.78, 5) is 2.35. The highest BCUT2D eigenvalue weighted by atomic mass is 35.5. The molecule has 0 bridgehead atoms. The van der Waals surface area contributed by atoms with E-state index in [0.29, 0.717) is 11.4 Å². The largest absolute Gasteiger partial charge is 0.370 e. The summed E-state index contributed by atoms with van der Waals surface area (Å²) < 4.78 is 0. The number of hydrogen-bond donors (Lipinski definition) is 0. The van der Waals surface area contributed by atoms with Crippen LogP contribution in [0, 0.1) is 0 Å². The van der Waals surface area contributed by atoms with E-state index in [4.69, 9.17) is 11.6 Å². The van der Waals surface area contributed by atoms with Crippen LogP contribution in [0.5, 0.6) is 0 Å². The normalized spacial score (nSPS) is 26.1. The summed E-state index contributed by atoms with van der Waals surface area (Å²) in [6.45, 7) is 0. The second-order valence-electron chi connectivity index (χ2n) is 4.67. The maximum absolute atomic E-state index is 6.49. The van der Waals surface area contributed by atoms with Gasteiger partial charge in [-0.1, -0.05) is 37.5 Å². The monoisotopic (exact) mass is 237 g/mol. The molecular formula is C14H20ClN. The van der Waals surface area contributed by atoms with Gasteiger partial charge in [0.05, 0.1) is 5.38 Å². The molecule has 1 nitrogen and oxygen atoms in total. The summed E-state index contributed by atoms with van der Waals surface area (Å²) in [5.74, 6) is 0. The Hall–Kier alpha value is -0.690. The van der Waals surface area contributed by atoms with Crippen molar-refractivity contribution in [2.75, 3.05) is 11.9 Å². The molecule has 0 unspecified atom stereocenters. The van der Waals surface area contributed by atoms with Gasteiger partial charge in [0, 0.05) is 18.8 Å². The zero-order chi connectivity index (χ0) is 11.4. The SMILES string of the molecule is CN(c1ccccc1)[C@H]1CCCCC[C@@H]1Cl. The van der Waals surface area contributed by atoms with Crippen LogP contribution in [-0.2, 0) is 0 Å². The smallest absolute Gasteiger partial charge is 0.0539 e. The molecule has 1 fully saturated rings. The minimum atomic E-state index is 0.299. The van der Waals surface area contributed by atoms with E-state index in [-0.39, 0.29) is 0 Å². The number of rotatable bonds is 2. The van der Waals surface area contributed by atoms with Gasteiger partial charge in [0.1, 0.15) is 0 Å². The zero-order valence-corrected chi connectivity index (χ0v) is 10.7. The third kappa shape index (κ3) is 2.70. The fourth-order valence-corrected chi connectivity index (χ4v) is 2.98. The summed E-state index contributed by atoms with van der Waals surface area (Å²) >= 11 is 6.49. The second-order valence-corrected chi connectivity index (χ2v) is 5.23. The van der Waals surface area contributed by atoms with Gasteiger partial charge in [0.2, 0.25) is 0 Å². The van der Waals surface area contributed by atoms with Crippen LogP contribution in [-0.4, -0.2) is 18.5 Å². The Balaban J connectivity index is 2.10. The van der Waals surface area contributed by atoms with Crippen molar-refractivity contribution in [3.8, 4) is 0 Å². The molecule has 1 saturated carbocycles. The van der Waals surface area contributed by atoms with Gasteiger partial charge in [-0.25, -0.2) is 0 Å². The maximum Gasteiger partial charge on any atom is 0.0539 e. The lowest BCUT2D eigenvalue weighted by Gasteiger charge is -2.32. The van der Waals surface area contributed by atoms with Crippen molar-refractivity contribution in [1.82, 2.24) is 0 Å². The Kier molecular flexibility index (Phi) is 4.11. The number of hydrogen-bond acceptors (Lipinski definition) is 1. The van der Waals surface area contributed by atoms with Crippen LogP contribution in [0.3, 0.4) is 0 Å². The summed E-state index contributed by atoms with van der Waals surface area (Å²) in [5, 5.41) is 0.299. The standard InChI is InChI=1S/C14H20ClN/c1-16(12-8-4-2-5-9-12)14-11-7-3-6-10-13(14)15/h2,4-5,8-9,13-14H,3,6-7,10-11H2,1H3/t13-,14-/m0/s1. The van der Waals surface area contributed by atoms with Gasteiger partial charge in [-0.2, -0.15) is 0 Å². The van der Waals surface area contributed by atoms with Crippen molar-refractivity contribution >= 4 is 17.3 Å². The Bertz CT molecular complexity index is 312. The van der Waals surface area contributed by atoms with Crippen LogP contribution in [0.4, 0.5) is 5.69 Å². The van der Waals surface area contributed by atoms with E-state index in [0.717, 1.165) is 6.42 Å². The average Bonchev–Trinajstić information content (AvgIpc) is 2.54. The van der Waals surface area contributed by atoms with Crippen LogP contribution in [0.2, 0.25) is 0 Å². The van der Waals surface area contributed by atoms with Gasteiger partial charge in [0.15, 0.2) is 0 Å². The lowest BCUT2D eigenvalue weighted by Crippen LogP contribution is -2.38. The molecule has 16 heavy (non-hydrogen) atoms. The highest BCUT2D eigenvalue weighted by Crippen LogP contribution is 2.28. The molecule has 1 aliphatic carbocycles. The van der Waals surface area contributed by atoms with Crippen LogP contribution in [0.1, 0.15) is 32.1 Å². The number of anilines is 1. The first-order valence-electron chi connectivity index (χ1n) is 6.21. The van der Waals surface area contributed by atoms with E-state index in [9.17, 15) is 0 Å². The van der Waals surface area contributed by atoms with Gasteiger partial charge in [-0.15, -0.1) is 11.6 Å². The lowest BCUT2D eigenvalue weighted by molar-refractivity contribution is 0.560. The molecule has 0 amide bonds. The first-order chi connectivity index (χ1) is 7.79. The number of para-hydroxylation sites is 1. The molecule has 0 N–H and O–H groups in total. The number of nitrogens with zero attached hydrogens (tertiary/aromatic N) is 1. The fourth-order valence-electron chi connectivity index (χ4n) is 2.53. The first-order valence-corrected chi connectivity index (χ1v) is 6.64. The predicted molar refractivity (Wildman–Crippen MR) is 71.4 cm³/mol. The summed E-state index contributed by atoms with van der Waals surface area (Å²) in [6.07, 6.45) is 6.31. The van der Waals surface area contributed by atoms with E-state index in [1.807, 2.05) is 0 Å². The van der Waals surface area contributed by atoms with Gasteiger partial charge in [-0.05, 0) is 25.0 Å². The van der Waals surface area contributed by atoms with Crippen molar-refractivity contribution in [3.05, 3.63) is 30.3 Å². The summed E-state index contributed by atoms with van der Waals surface area (Å²) in [6, 6.07) is 11.1. The van der Waals surface area contributed by atoms with Crippen LogP contribution < -0.4 is 4.90 Å². The summed E-state index contributed by atoms with van der Waals surface area (Å²) in [7, 11) is 2.17. The Morgan fingerprint density at radius 2 is 1.75 bits per heavy atom. The van der Waals surface area contributed by atoms with Gasteiger partial charge in [0.25, 0.3) is 0 Å². The quantitative estimate of drug-likeness (QED) is 0.554. The number of benzene rings is 1. The highest BCUT2D eigenvalue weighted by molar-refractivity contribution is 6.21. The molecule has 0 aromatic heterocycles. The molecule has 0 aliphatic heterocycles. The number of halogens is 1. The second kappa shape index (κ2) is 5.58. The topological polar surface area (TPSA) is 3.24 Å². The molecule has 0 radical (unpaired) electrons. The minimum Gasteiger partial charge on any atom is -0.370 e. The maximum atomic E-state index is 6.49. The molecule has 88 valence electrons. The van der Waals surface area contributed by atoms with Crippen molar-refractivity contribution in [2.45, 2.75) is 43.5 Å². The molecule has 1 aliphatic rings. The molecule has 2 heteroatoms. The minimum absolute atomic E-state index is 0.299. The molecule has 1 aromatic carbocycles. The van der Waals surface area contributed by atoms with Crippen molar-refractivity contribution < 1.29 is 0 Å². The van der Waals surface area contributed by atoms with Gasteiger partial charge < -0.3 is 4.90 Å². The first kappa shape index (κ1) is 11.8. The van der Waals surface area contributed by atoms with E-state index < -0.39 is 0 Å². The van der Waals surface area contributed by atoms with Crippen molar-refractivity contribution in [1.29, 1.82) is 0 Å².